The minimum absolute atomic E-state index is 1.02. The predicted octanol–water partition coefficient (Wildman–Crippen LogP) is 9.73. The van der Waals surface area contributed by atoms with Gasteiger partial charge in [0.05, 0.1) is 0 Å². The first-order valence-corrected chi connectivity index (χ1v) is 12.8. The predicted molar refractivity (Wildman–Crippen MR) is 165 cm³/mol. The monoisotopic (exact) mass is 482 g/mol. The second kappa shape index (κ2) is 10.9. The molecule has 38 heavy (non-hydrogen) atoms. The number of hydrogen-bond acceptors (Lipinski definition) is 0. The lowest BCUT2D eigenvalue weighted by Gasteiger charge is -2.02. The summed E-state index contributed by atoms with van der Waals surface area (Å²) in [6, 6.07) is 46.7. The van der Waals surface area contributed by atoms with Crippen LogP contribution in [-0.2, 0) is 0 Å². The van der Waals surface area contributed by atoms with Gasteiger partial charge in [-0.15, -0.1) is 0 Å². The minimum atomic E-state index is 1.02. The van der Waals surface area contributed by atoms with Gasteiger partial charge >= 0.3 is 0 Å². The standard InChI is InChI=1S/C38H26/c1-3-7-29(8-4-1)11-13-31-17-21-37-27-33(19-23-35(37)25-31)15-16-34-20-24-36-26-32(18-22-38(36)28-34)14-12-30-9-5-2-6-10-30/h1-14,17-28H/b13-11+,14-12+. The summed E-state index contributed by atoms with van der Waals surface area (Å²) in [5, 5.41) is 4.83. The van der Waals surface area contributed by atoms with Gasteiger partial charge in [-0.3, -0.25) is 0 Å². The van der Waals surface area contributed by atoms with Crippen molar-refractivity contribution in [2.45, 2.75) is 0 Å². The summed E-state index contributed by atoms with van der Waals surface area (Å²) in [5.74, 6) is 6.71. The maximum atomic E-state index is 3.35. The minimum Gasteiger partial charge on any atom is -0.0622 e. The third-order valence-electron chi connectivity index (χ3n) is 6.62. The Balaban J connectivity index is 1.19. The Hall–Kier alpha value is -5.12. The summed E-state index contributed by atoms with van der Waals surface area (Å²) < 4.78 is 0. The summed E-state index contributed by atoms with van der Waals surface area (Å²) in [6.07, 6.45) is 8.61. The second-order valence-corrected chi connectivity index (χ2v) is 9.38. The smallest absolute Gasteiger partial charge is 0.0255 e. The van der Waals surface area contributed by atoms with Gasteiger partial charge in [-0.05, 0) is 80.2 Å². The first-order chi connectivity index (χ1) is 18.8. The molecule has 6 aromatic carbocycles. The summed E-state index contributed by atoms with van der Waals surface area (Å²) in [7, 11) is 0. The molecular formula is C38H26. The first-order valence-electron chi connectivity index (χ1n) is 12.8. The molecule has 0 radical (unpaired) electrons. The molecule has 0 aliphatic rings. The van der Waals surface area contributed by atoms with E-state index in [0.29, 0.717) is 0 Å². The molecule has 0 fully saturated rings. The topological polar surface area (TPSA) is 0 Å². The van der Waals surface area contributed by atoms with Gasteiger partial charge in [0.15, 0.2) is 0 Å². The molecule has 0 spiro atoms. The van der Waals surface area contributed by atoms with Gasteiger partial charge in [0.1, 0.15) is 0 Å². The molecule has 0 amide bonds. The van der Waals surface area contributed by atoms with E-state index in [-0.39, 0.29) is 0 Å². The average molecular weight is 483 g/mol. The van der Waals surface area contributed by atoms with Gasteiger partial charge in [0, 0.05) is 11.1 Å². The van der Waals surface area contributed by atoms with Crippen molar-refractivity contribution in [2.75, 3.05) is 0 Å². The lowest BCUT2D eigenvalue weighted by molar-refractivity contribution is 1.65. The van der Waals surface area contributed by atoms with Crippen LogP contribution in [0, 0.1) is 11.8 Å². The van der Waals surface area contributed by atoms with Crippen LogP contribution in [0.25, 0.3) is 45.8 Å². The molecule has 6 rings (SSSR count). The fourth-order valence-electron chi connectivity index (χ4n) is 4.55. The molecule has 0 saturated heterocycles. The van der Waals surface area contributed by atoms with E-state index in [4.69, 9.17) is 0 Å². The van der Waals surface area contributed by atoms with Crippen LogP contribution in [0.4, 0.5) is 0 Å². The third-order valence-corrected chi connectivity index (χ3v) is 6.62. The van der Waals surface area contributed by atoms with Crippen LogP contribution in [0.15, 0.2) is 133 Å². The van der Waals surface area contributed by atoms with Gasteiger partial charge in [-0.1, -0.05) is 133 Å². The first kappa shape index (κ1) is 23.3. The lowest BCUT2D eigenvalue weighted by atomic mass is 10.0. The van der Waals surface area contributed by atoms with Gasteiger partial charge < -0.3 is 0 Å². The summed E-state index contributed by atoms with van der Waals surface area (Å²) in [5.41, 5.74) is 6.82. The Labute approximate surface area is 224 Å². The number of fused-ring (bicyclic) bond motifs is 2. The van der Waals surface area contributed by atoms with E-state index in [1.54, 1.807) is 0 Å². The van der Waals surface area contributed by atoms with E-state index in [1.807, 2.05) is 12.1 Å². The molecule has 0 unspecified atom stereocenters. The highest BCUT2D eigenvalue weighted by Gasteiger charge is 1.99. The highest BCUT2D eigenvalue weighted by atomic mass is 14.0. The van der Waals surface area contributed by atoms with Crippen LogP contribution in [0.2, 0.25) is 0 Å². The molecule has 0 atom stereocenters. The Kier molecular flexibility index (Phi) is 6.66. The maximum absolute atomic E-state index is 3.35. The molecule has 0 heterocycles. The quantitative estimate of drug-likeness (QED) is 0.173. The van der Waals surface area contributed by atoms with Gasteiger partial charge in [0.25, 0.3) is 0 Å². The van der Waals surface area contributed by atoms with Crippen LogP contribution in [0.1, 0.15) is 33.4 Å². The van der Waals surface area contributed by atoms with E-state index in [2.05, 4.69) is 157 Å². The van der Waals surface area contributed by atoms with Crippen molar-refractivity contribution in [1.82, 2.24) is 0 Å². The summed E-state index contributed by atoms with van der Waals surface area (Å²) in [4.78, 5) is 0. The molecule has 0 heteroatoms. The Morgan fingerprint density at radius 3 is 1.13 bits per heavy atom. The molecule has 0 aromatic heterocycles. The van der Waals surface area contributed by atoms with E-state index in [9.17, 15) is 0 Å². The molecule has 0 aliphatic heterocycles. The Morgan fingerprint density at radius 2 is 0.684 bits per heavy atom. The molecule has 0 saturated carbocycles. The third kappa shape index (κ3) is 5.65. The van der Waals surface area contributed by atoms with Crippen LogP contribution in [0.3, 0.4) is 0 Å². The van der Waals surface area contributed by atoms with Gasteiger partial charge in [-0.2, -0.15) is 0 Å². The molecule has 0 bridgehead atoms. The number of rotatable bonds is 4. The summed E-state index contributed by atoms with van der Waals surface area (Å²) >= 11 is 0. The second-order valence-electron chi connectivity index (χ2n) is 9.38. The van der Waals surface area contributed by atoms with Crippen LogP contribution in [-0.4, -0.2) is 0 Å². The van der Waals surface area contributed by atoms with Crippen molar-refractivity contribution in [3.8, 4) is 11.8 Å². The molecule has 0 nitrogen and oxygen atoms in total. The molecular weight excluding hydrogens is 456 g/mol. The van der Waals surface area contributed by atoms with Gasteiger partial charge in [-0.25, -0.2) is 0 Å². The fraction of sp³-hybridized carbons (Fsp3) is 0. The highest BCUT2D eigenvalue weighted by molar-refractivity contribution is 5.88. The maximum Gasteiger partial charge on any atom is 0.0255 e. The molecule has 0 aliphatic carbocycles. The Morgan fingerprint density at radius 1 is 0.316 bits per heavy atom. The van der Waals surface area contributed by atoms with Crippen molar-refractivity contribution >= 4 is 45.8 Å². The van der Waals surface area contributed by atoms with E-state index in [0.717, 1.165) is 11.1 Å². The van der Waals surface area contributed by atoms with Crippen LogP contribution >= 0.6 is 0 Å². The molecule has 0 N–H and O–H groups in total. The lowest BCUT2D eigenvalue weighted by Crippen LogP contribution is -1.81. The molecule has 6 aromatic rings. The number of hydrogen-bond donors (Lipinski definition) is 0. The van der Waals surface area contributed by atoms with Crippen LogP contribution in [0.5, 0.6) is 0 Å². The van der Waals surface area contributed by atoms with Crippen molar-refractivity contribution in [2.24, 2.45) is 0 Å². The molecule has 178 valence electrons. The van der Waals surface area contributed by atoms with Crippen LogP contribution < -0.4 is 0 Å². The van der Waals surface area contributed by atoms with E-state index < -0.39 is 0 Å². The normalized spacial score (nSPS) is 11.3. The Bertz CT molecular complexity index is 1710. The van der Waals surface area contributed by atoms with Crippen molar-refractivity contribution < 1.29 is 0 Å². The zero-order valence-corrected chi connectivity index (χ0v) is 21.0. The zero-order valence-electron chi connectivity index (χ0n) is 21.0. The fourth-order valence-corrected chi connectivity index (χ4v) is 4.55. The zero-order chi connectivity index (χ0) is 25.6. The highest BCUT2D eigenvalue weighted by Crippen LogP contribution is 2.21. The van der Waals surface area contributed by atoms with E-state index >= 15 is 0 Å². The van der Waals surface area contributed by atoms with E-state index in [1.165, 1.54) is 43.8 Å². The van der Waals surface area contributed by atoms with Crippen molar-refractivity contribution in [3.05, 3.63) is 167 Å². The number of benzene rings is 6. The SMILES string of the molecule is C(#Cc1ccc2cc(/C=C/c3ccccc3)ccc2c1)c1ccc2cc(/C=C/c3ccccc3)ccc2c1. The van der Waals surface area contributed by atoms with Crippen molar-refractivity contribution in [3.63, 3.8) is 0 Å². The average Bonchev–Trinajstić information content (AvgIpc) is 2.98. The van der Waals surface area contributed by atoms with Crippen molar-refractivity contribution in [1.29, 1.82) is 0 Å². The largest absolute Gasteiger partial charge is 0.0622 e. The summed E-state index contributed by atoms with van der Waals surface area (Å²) in [6.45, 7) is 0. The van der Waals surface area contributed by atoms with Gasteiger partial charge in [0.2, 0.25) is 0 Å².